The number of hydrogen-bond acceptors (Lipinski definition) is 5. The van der Waals surface area contributed by atoms with Gasteiger partial charge in [0.1, 0.15) is 11.9 Å². The van der Waals surface area contributed by atoms with E-state index in [1.54, 1.807) is 25.1 Å². The second-order valence-electron chi connectivity index (χ2n) is 7.58. The molecule has 4 rings (SSSR count). The number of likely N-dealkylation sites (tertiary alicyclic amines) is 1. The van der Waals surface area contributed by atoms with Gasteiger partial charge in [-0.3, -0.25) is 9.88 Å². The van der Waals surface area contributed by atoms with Crippen LogP contribution in [0.5, 0.6) is 11.5 Å². The molecule has 3 N–H and O–H groups in total. The van der Waals surface area contributed by atoms with Gasteiger partial charge in [0.2, 0.25) is 0 Å². The lowest BCUT2D eigenvalue weighted by Crippen LogP contribution is -2.27. The van der Waals surface area contributed by atoms with Crippen LogP contribution < -0.4 is 0 Å². The molecular formula is C21H27FN2O3. The van der Waals surface area contributed by atoms with E-state index >= 15 is 0 Å². The highest BCUT2D eigenvalue weighted by Crippen LogP contribution is 2.38. The highest BCUT2D eigenvalue weighted by atomic mass is 19.1. The zero-order valence-corrected chi connectivity index (χ0v) is 15.6. The van der Waals surface area contributed by atoms with Crippen LogP contribution in [0.4, 0.5) is 4.39 Å². The van der Waals surface area contributed by atoms with Crippen molar-refractivity contribution in [2.45, 2.75) is 32.3 Å². The Hall–Kier alpha value is -2.18. The van der Waals surface area contributed by atoms with Crippen molar-refractivity contribution in [3.05, 3.63) is 53.6 Å². The molecule has 0 spiro atoms. The van der Waals surface area contributed by atoms with Crippen molar-refractivity contribution in [1.82, 2.24) is 9.88 Å². The first kappa shape index (κ1) is 19.6. The Bertz CT molecular complexity index is 742. The summed E-state index contributed by atoms with van der Waals surface area (Å²) in [4.78, 5) is 6.42. The molecule has 1 saturated carbocycles. The third-order valence-electron chi connectivity index (χ3n) is 5.45. The van der Waals surface area contributed by atoms with E-state index in [-0.39, 0.29) is 11.5 Å². The van der Waals surface area contributed by atoms with Gasteiger partial charge in [0.15, 0.2) is 11.6 Å². The van der Waals surface area contributed by atoms with Gasteiger partial charge in [-0.2, -0.15) is 0 Å². The number of aromatic nitrogens is 1. The van der Waals surface area contributed by atoms with Crippen molar-refractivity contribution in [3.63, 3.8) is 0 Å². The van der Waals surface area contributed by atoms with Crippen LogP contribution in [0.15, 0.2) is 36.5 Å². The molecule has 5 nitrogen and oxygen atoms in total. The summed E-state index contributed by atoms with van der Waals surface area (Å²) in [5.41, 5.74) is 1.45. The van der Waals surface area contributed by atoms with Crippen LogP contribution in [0, 0.1) is 24.6 Å². The van der Waals surface area contributed by atoms with Crippen molar-refractivity contribution in [2.75, 3.05) is 19.6 Å². The topological polar surface area (TPSA) is 76.8 Å². The van der Waals surface area contributed by atoms with Gasteiger partial charge < -0.3 is 15.3 Å². The van der Waals surface area contributed by atoms with E-state index in [0.29, 0.717) is 12.2 Å². The predicted molar refractivity (Wildman–Crippen MR) is 101 cm³/mol. The molecule has 6 heteroatoms. The average molecular weight is 374 g/mol. The molecule has 3 atom stereocenters. The number of aliphatic hydroxyl groups is 1. The second kappa shape index (κ2) is 8.67. The van der Waals surface area contributed by atoms with E-state index in [9.17, 15) is 14.6 Å². The number of aryl methyl sites for hydroxylation is 1. The van der Waals surface area contributed by atoms with Crippen LogP contribution in [-0.4, -0.2) is 44.8 Å². The fraction of sp³-hybridized carbons (Fsp3) is 0.476. The number of β-amino-alcohol motifs (C(OH)–C–C–N with tert-alkyl or cyclic N) is 1. The molecule has 2 aromatic rings. The van der Waals surface area contributed by atoms with Gasteiger partial charge in [-0.25, -0.2) is 4.39 Å². The number of benzene rings is 1. The zero-order valence-electron chi connectivity index (χ0n) is 15.6. The summed E-state index contributed by atoms with van der Waals surface area (Å²) in [6.07, 6.45) is 4.93. The number of aliphatic hydroxyl groups excluding tert-OH is 1. The summed E-state index contributed by atoms with van der Waals surface area (Å²) in [6.45, 7) is 4.67. The summed E-state index contributed by atoms with van der Waals surface area (Å²) in [5, 5.41) is 28.0. The minimum Gasteiger partial charge on any atom is -0.506 e. The molecule has 1 aromatic heterocycles. The maximum absolute atomic E-state index is 12.3. The minimum atomic E-state index is -0.560. The normalized spacial score (nSPS) is 22.8. The van der Waals surface area contributed by atoms with Crippen LogP contribution in [0.1, 0.15) is 36.6 Å². The summed E-state index contributed by atoms with van der Waals surface area (Å²) in [6, 6.07) is 7.54. The van der Waals surface area contributed by atoms with Crippen LogP contribution in [0.2, 0.25) is 0 Å². The predicted octanol–water partition coefficient (Wildman–Crippen LogP) is 3.39. The lowest BCUT2D eigenvalue weighted by atomic mass is 10.0. The SMILES string of the molecule is Cc1ccc(O)c(F)c1.Oc1ccc(C(O)CN2C[C@H]3CCC[C@H]3C2)nc1. The maximum atomic E-state index is 12.3. The Kier molecular flexibility index (Phi) is 6.29. The standard InChI is InChI=1S/C14H20N2O2.C7H7FO/c17-12-4-5-13(15-6-12)14(18)9-16-7-10-2-1-3-11(10)8-16;1-5-2-3-7(9)6(8)4-5/h4-6,10-11,14,17-18H,1-3,7-9H2;2-4,9H,1H3/t10-,11+,14?;. The van der Waals surface area contributed by atoms with Gasteiger partial charge in [0.25, 0.3) is 0 Å². The molecule has 146 valence electrons. The van der Waals surface area contributed by atoms with E-state index in [1.807, 2.05) is 0 Å². The van der Waals surface area contributed by atoms with E-state index in [1.165, 1.54) is 37.6 Å². The highest BCUT2D eigenvalue weighted by Gasteiger charge is 2.36. The van der Waals surface area contributed by atoms with Gasteiger partial charge in [-0.1, -0.05) is 12.5 Å². The van der Waals surface area contributed by atoms with Crippen LogP contribution in [0.25, 0.3) is 0 Å². The number of fused-ring (bicyclic) bond motifs is 1. The molecule has 1 aromatic carbocycles. The van der Waals surface area contributed by atoms with Gasteiger partial charge >= 0.3 is 0 Å². The van der Waals surface area contributed by atoms with Crippen LogP contribution >= 0.6 is 0 Å². The fourth-order valence-corrected chi connectivity index (χ4v) is 4.03. The first-order valence-corrected chi connectivity index (χ1v) is 9.43. The zero-order chi connectivity index (χ0) is 19.4. The van der Waals surface area contributed by atoms with E-state index < -0.39 is 11.9 Å². The van der Waals surface area contributed by atoms with Crippen LogP contribution in [0.3, 0.4) is 0 Å². The molecule has 27 heavy (non-hydrogen) atoms. The Morgan fingerprint density at radius 3 is 2.41 bits per heavy atom. The number of rotatable bonds is 3. The number of phenols is 1. The number of nitrogens with zero attached hydrogens (tertiary/aromatic N) is 2. The number of halogens is 1. The van der Waals surface area contributed by atoms with E-state index in [0.717, 1.165) is 30.5 Å². The smallest absolute Gasteiger partial charge is 0.165 e. The number of pyridine rings is 1. The van der Waals surface area contributed by atoms with Gasteiger partial charge in [0, 0.05) is 19.6 Å². The minimum absolute atomic E-state index is 0.140. The lowest BCUT2D eigenvalue weighted by Gasteiger charge is -2.20. The second-order valence-corrected chi connectivity index (χ2v) is 7.58. The lowest BCUT2D eigenvalue weighted by molar-refractivity contribution is 0.118. The Morgan fingerprint density at radius 2 is 1.85 bits per heavy atom. The third-order valence-corrected chi connectivity index (χ3v) is 5.45. The Balaban J connectivity index is 0.000000197. The van der Waals surface area contributed by atoms with Gasteiger partial charge in [-0.15, -0.1) is 0 Å². The fourth-order valence-electron chi connectivity index (χ4n) is 4.03. The monoisotopic (exact) mass is 374 g/mol. The summed E-state index contributed by atoms with van der Waals surface area (Å²) < 4.78 is 12.3. The summed E-state index contributed by atoms with van der Waals surface area (Å²) >= 11 is 0. The summed E-state index contributed by atoms with van der Waals surface area (Å²) in [7, 11) is 0. The molecule has 2 aliphatic rings. The molecule has 2 heterocycles. The Morgan fingerprint density at radius 1 is 1.15 bits per heavy atom. The average Bonchev–Trinajstić information content (AvgIpc) is 3.21. The molecule has 1 saturated heterocycles. The molecule has 1 aliphatic carbocycles. The van der Waals surface area contributed by atoms with Gasteiger partial charge in [0.05, 0.1) is 11.9 Å². The number of hydrogen-bond donors (Lipinski definition) is 3. The maximum Gasteiger partial charge on any atom is 0.165 e. The van der Waals surface area contributed by atoms with Crippen LogP contribution in [-0.2, 0) is 0 Å². The summed E-state index contributed by atoms with van der Waals surface area (Å²) in [5.74, 6) is 0.993. The molecule has 0 radical (unpaired) electrons. The van der Waals surface area contributed by atoms with Crippen molar-refractivity contribution < 1.29 is 19.7 Å². The van der Waals surface area contributed by atoms with Crippen molar-refractivity contribution in [3.8, 4) is 11.5 Å². The molecule has 0 amide bonds. The molecule has 0 bridgehead atoms. The first-order chi connectivity index (χ1) is 12.9. The quantitative estimate of drug-likeness (QED) is 0.768. The van der Waals surface area contributed by atoms with E-state index in [4.69, 9.17) is 5.11 Å². The van der Waals surface area contributed by atoms with E-state index in [2.05, 4.69) is 9.88 Å². The highest BCUT2D eigenvalue weighted by molar-refractivity contribution is 5.26. The Labute approximate surface area is 159 Å². The van der Waals surface area contributed by atoms with Crippen molar-refractivity contribution in [2.24, 2.45) is 11.8 Å². The number of phenolic OH excluding ortho intramolecular Hbond substituents is 1. The molecular weight excluding hydrogens is 347 g/mol. The molecule has 1 unspecified atom stereocenters. The molecule has 2 fully saturated rings. The first-order valence-electron chi connectivity index (χ1n) is 9.43. The largest absolute Gasteiger partial charge is 0.506 e. The third kappa shape index (κ3) is 5.17. The molecule has 1 aliphatic heterocycles. The van der Waals surface area contributed by atoms with Crippen molar-refractivity contribution in [1.29, 1.82) is 0 Å². The number of aromatic hydroxyl groups is 2. The van der Waals surface area contributed by atoms with Gasteiger partial charge in [-0.05, 0) is 61.4 Å². The van der Waals surface area contributed by atoms with Crippen molar-refractivity contribution >= 4 is 0 Å².